The van der Waals surface area contributed by atoms with Crippen LogP contribution >= 0.6 is 7.82 Å². The summed E-state index contributed by atoms with van der Waals surface area (Å²) in [5, 5.41) is 18.5. The molecule has 9 nitrogen and oxygen atoms in total. The van der Waals surface area contributed by atoms with Crippen molar-refractivity contribution in [2.45, 2.75) is 270 Å². The highest BCUT2D eigenvalue weighted by molar-refractivity contribution is 7.47. The van der Waals surface area contributed by atoms with Crippen LogP contribution in [0, 0.1) is 0 Å². The summed E-state index contributed by atoms with van der Waals surface area (Å²) in [4.78, 5) is 22.8. The number of unbranched alkanes of at least 4 members (excludes halogenated alkanes) is 30. The number of esters is 1. The second-order valence-corrected chi connectivity index (χ2v) is 20.4. The van der Waals surface area contributed by atoms with Gasteiger partial charge in [-0.25, -0.2) is 4.57 Å². The first kappa shape index (κ1) is 66.2. The third-order valence-electron chi connectivity index (χ3n) is 12.2. The zero-order chi connectivity index (χ0) is 49.5. The number of carbonyl (C=O) groups is 1. The van der Waals surface area contributed by atoms with Gasteiger partial charge in [0.15, 0.2) is 0 Å². The first-order chi connectivity index (χ1) is 33.3. The van der Waals surface area contributed by atoms with Gasteiger partial charge in [-0.2, -0.15) is 0 Å². The van der Waals surface area contributed by atoms with Gasteiger partial charge in [0.25, 0.3) is 0 Å². The molecule has 3 atom stereocenters. The SMILES string of the molecule is CC/C=C\C/C=C\C/C=C\C/C=C\C/C=C\CCCCCCCCCCOCC(COP(=O)(O)OCC(O)CO)OC(=O)CCCCCCCCCCCCCCCCCCCCCCCCC. The summed E-state index contributed by atoms with van der Waals surface area (Å²) >= 11 is 0. The molecule has 0 saturated carbocycles. The first-order valence-corrected chi connectivity index (χ1v) is 29.8. The van der Waals surface area contributed by atoms with Crippen LogP contribution in [-0.4, -0.2) is 66.3 Å². The van der Waals surface area contributed by atoms with Crippen molar-refractivity contribution in [1.29, 1.82) is 0 Å². The number of phosphoric ester groups is 1. The topological polar surface area (TPSA) is 132 Å². The molecular formula is C58H107O9P. The highest BCUT2D eigenvalue weighted by atomic mass is 31.2. The molecule has 0 amide bonds. The molecule has 398 valence electrons. The Morgan fingerprint density at radius 2 is 0.838 bits per heavy atom. The van der Waals surface area contributed by atoms with Crippen LogP contribution in [0.3, 0.4) is 0 Å². The summed E-state index contributed by atoms with van der Waals surface area (Å²) in [5.41, 5.74) is 0. The summed E-state index contributed by atoms with van der Waals surface area (Å²) in [6, 6.07) is 0. The van der Waals surface area contributed by atoms with Crippen molar-refractivity contribution in [1.82, 2.24) is 0 Å². The van der Waals surface area contributed by atoms with Crippen LogP contribution in [0.25, 0.3) is 0 Å². The molecule has 3 N–H and O–H groups in total. The van der Waals surface area contributed by atoms with E-state index >= 15 is 0 Å². The summed E-state index contributed by atoms with van der Waals surface area (Å²) in [7, 11) is -4.53. The van der Waals surface area contributed by atoms with Crippen LogP contribution in [0.1, 0.15) is 258 Å². The Morgan fingerprint density at radius 1 is 0.471 bits per heavy atom. The van der Waals surface area contributed by atoms with Gasteiger partial charge in [0.2, 0.25) is 0 Å². The molecule has 0 aromatic carbocycles. The Morgan fingerprint density at radius 3 is 1.26 bits per heavy atom. The van der Waals surface area contributed by atoms with Crippen LogP contribution < -0.4 is 0 Å². The van der Waals surface area contributed by atoms with Crippen LogP contribution in [0.5, 0.6) is 0 Å². The number of rotatable bonds is 54. The number of hydrogen-bond donors (Lipinski definition) is 3. The van der Waals surface area contributed by atoms with Gasteiger partial charge in [0, 0.05) is 13.0 Å². The van der Waals surface area contributed by atoms with Crippen molar-refractivity contribution in [3.63, 3.8) is 0 Å². The number of aliphatic hydroxyl groups excluding tert-OH is 2. The first-order valence-electron chi connectivity index (χ1n) is 28.3. The van der Waals surface area contributed by atoms with Crippen molar-refractivity contribution < 1.29 is 43.0 Å². The third-order valence-corrected chi connectivity index (χ3v) is 13.2. The number of aliphatic hydroxyl groups is 2. The monoisotopic (exact) mass is 979 g/mol. The Kier molecular flexibility index (Phi) is 53.0. The molecule has 0 aromatic rings. The zero-order valence-corrected chi connectivity index (χ0v) is 45.0. The fourth-order valence-electron chi connectivity index (χ4n) is 7.97. The average molecular weight is 979 g/mol. The maximum atomic E-state index is 12.7. The Bertz CT molecular complexity index is 1250. The fraction of sp³-hybridized carbons (Fsp3) is 0.810. The Labute approximate surface area is 419 Å². The maximum Gasteiger partial charge on any atom is 0.472 e. The lowest BCUT2D eigenvalue weighted by atomic mass is 10.0. The zero-order valence-electron chi connectivity index (χ0n) is 44.1. The number of hydrogen-bond acceptors (Lipinski definition) is 8. The molecule has 0 aliphatic carbocycles. The predicted molar refractivity (Wildman–Crippen MR) is 288 cm³/mol. The summed E-state index contributed by atoms with van der Waals surface area (Å²) in [6.07, 6.45) is 66.3. The van der Waals surface area contributed by atoms with Crippen LogP contribution in [0.15, 0.2) is 60.8 Å². The van der Waals surface area contributed by atoms with Gasteiger partial charge in [0.1, 0.15) is 12.2 Å². The van der Waals surface area contributed by atoms with Gasteiger partial charge in [-0.15, -0.1) is 0 Å². The van der Waals surface area contributed by atoms with E-state index in [1.165, 1.54) is 161 Å². The molecule has 0 saturated heterocycles. The van der Waals surface area contributed by atoms with Crippen molar-refractivity contribution >= 4 is 13.8 Å². The number of ether oxygens (including phenoxy) is 2. The molecule has 0 bridgehead atoms. The van der Waals surface area contributed by atoms with Crippen molar-refractivity contribution in [2.75, 3.05) is 33.0 Å². The van der Waals surface area contributed by atoms with Gasteiger partial charge in [-0.3, -0.25) is 13.8 Å². The lowest BCUT2D eigenvalue weighted by Crippen LogP contribution is -2.29. The minimum atomic E-state index is -4.53. The van der Waals surface area contributed by atoms with E-state index in [-0.39, 0.29) is 25.6 Å². The van der Waals surface area contributed by atoms with Crippen molar-refractivity contribution in [3.05, 3.63) is 60.8 Å². The quantitative estimate of drug-likeness (QED) is 0.0236. The molecule has 0 aliphatic heterocycles. The minimum Gasteiger partial charge on any atom is -0.457 e. The second-order valence-electron chi connectivity index (χ2n) is 18.9. The largest absolute Gasteiger partial charge is 0.472 e. The Hall–Kier alpha value is -1.84. The third kappa shape index (κ3) is 53.5. The van der Waals surface area contributed by atoms with Crippen molar-refractivity contribution in [2.24, 2.45) is 0 Å². The molecule has 0 aromatic heterocycles. The van der Waals surface area contributed by atoms with E-state index in [4.69, 9.17) is 23.6 Å². The molecule has 0 rings (SSSR count). The van der Waals surface area contributed by atoms with Crippen LogP contribution in [0.2, 0.25) is 0 Å². The van der Waals surface area contributed by atoms with Crippen LogP contribution in [0.4, 0.5) is 0 Å². The van der Waals surface area contributed by atoms with E-state index < -0.39 is 33.2 Å². The molecule has 68 heavy (non-hydrogen) atoms. The molecule has 0 aliphatic rings. The van der Waals surface area contributed by atoms with E-state index in [9.17, 15) is 19.4 Å². The van der Waals surface area contributed by atoms with E-state index in [2.05, 4.69) is 74.6 Å². The number of carbonyl (C=O) groups excluding carboxylic acids is 1. The highest BCUT2D eigenvalue weighted by Crippen LogP contribution is 2.43. The summed E-state index contributed by atoms with van der Waals surface area (Å²) < 4.78 is 33.6. The molecule has 0 spiro atoms. The predicted octanol–water partition coefficient (Wildman–Crippen LogP) is 17.0. The van der Waals surface area contributed by atoms with Crippen molar-refractivity contribution in [3.8, 4) is 0 Å². The van der Waals surface area contributed by atoms with Gasteiger partial charge in [-0.05, 0) is 57.8 Å². The normalized spacial score (nSPS) is 14.1. The number of phosphoric acid groups is 1. The standard InChI is InChI=1S/C58H107O9P/c1-3-5-7-9-11-13-15-17-19-21-23-25-27-29-31-33-35-37-39-41-43-45-47-49-51-64-54-57(55-66-68(62,63)65-53-56(60)52-59)67-58(61)50-48-46-44-42-40-38-36-34-32-30-28-26-24-22-20-18-16-14-12-10-8-6-4-2/h5,7,11,13,17,19,23,25,29,31,56-57,59-60H,3-4,6,8-10,12,14-16,18,20-22,24,26-28,30,32-55H2,1-2H3,(H,62,63)/b7-5-,13-11-,19-17-,25-23-,31-29-. The van der Waals surface area contributed by atoms with E-state index in [0.29, 0.717) is 6.61 Å². The minimum absolute atomic E-state index is 0.0439. The molecule has 10 heteroatoms. The number of allylic oxidation sites excluding steroid dienone is 10. The van der Waals surface area contributed by atoms with Gasteiger partial charge < -0.3 is 24.6 Å². The summed E-state index contributed by atoms with van der Waals surface area (Å²) in [6.45, 7) is 3.43. The lowest BCUT2D eigenvalue weighted by molar-refractivity contribution is -0.154. The Balaban J connectivity index is 4.03. The highest BCUT2D eigenvalue weighted by Gasteiger charge is 2.26. The van der Waals surface area contributed by atoms with E-state index in [1.54, 1.807) is 0 Å². The molecule has 0 radical (unpaired) electrons. The second kappa shape index (κ2) is 54.5. The van der Waals surface area contributed by atoms with Crippen LogP contribution in [-0.2, 0) is 27.9 Å². The molecule has 3 unspecified atom stereocenters. The molecular weight excluding hydrogens is 872 g/mol. The maximum absolute atomic E-state index is 12.7. The van der Waals surface area contributed by atoms with Gasteiger partial charge in [-0.1, -0.05) is 254 Å². The smallest absolute Gasteiger partial charge is 0.457 e. The summed E-state index contributed by atoms with van der Waals surface area (Å²) in [5.74, 6) is -0.382. The van der Waals surface area contributed by atoms with E-state index in [0.717, 1.165) is 77.0 Å². The van der Waals surface area contributed by atoms with E-state index in [1.807, 2.05) is 0 Å². The molecule has 0 heterocycles. The molecule has 0 fully saturated rings. The fourth-order valence-corrected chi connectivity index (χ4v) is 8.76. The lowest BCUT2D eigenvalue weighted by Gasteiger charge is -2.20. The average Bonchev–Trinajstić information content (AvgIpc) is 3.33. The van der Waals surface area contributed by atoms with Gasteiger partial charge >= 0.3 is 13.8 Å². The van der Waals surface area contributed by atoms with Gasteiger partial charge in [0.05, 0.1) is 26.4 Å².